The van der Waals surface area contributed by atoms with Crippen LogP contribution in [0.2, 0.25) is 0 Å². The van der Waals surface area contributed by atoms with Crippen molar-refractivity contribution in [2.45, 2.75) is 20.4 Å². The van der Waals surface area contributed by atoms with Crippen LogP contribution in [0.3, 0.4) is 0 Å². The number of benzene rings is 2. The smallest absolute Gasteiger partial charge is 0.248 e. The minimum absolute atomic E-state index is 0.00957. The lowest BCUT2D eigenvalue weighted by atomic mass is 10.1. The number of nitrogens with zero attached hydrogens (tertiary/aromatic N) is 4. The van der Waals surface area contributed by atoms with Gasteiger partial charge in [0, 0.05) is 11.3 Å². The van der Waals surface area contributed by atoms with Gasteiger partial charge < -0.3 is 10.1 Å². The summed E-state index contributed by atoms with van der Waals surface area (Å²) in [7, 11) is 1.60. The van der Waals surface area contributed by atoms with Crippen molar-refractivity contribution in [3.8, 4) is 17.1 Å². The van der Waals surface area contributed by atoms with E-state index >= 15 is 0 Å². The normalized spacial score (nSPS) is 10.5. The van der Waals surface area contributed by atoms with E-state index in [0.717, 1.165) is 22.4 Å². The van der Waals surface area contributed by atoms with Crippen molar-refractivity contribution >= 4 is 11.6 Å². The van der Waals surface area contributed by atoms with Gasteiger partial charge in [-0.3, -0.25) is 4.79 Å². The Hall–Kier alpha value is -3.22. The molecule has 0 saturated carbocycles. The SMILES string of the molecule is COc1cccc(-c2nnn(CC(=O)Nc3cccc(C)c3C)n2)c1. The molecule has 0 radical (unpaired) electrons. The maximum atomic E-state index is 12.2. The van der Waals surface area contributed by atoms with Crippen LogP contribution < -0.4 is 10.1 Å². The van der Waals surface area contributed by atoms with Crippen molar-refractivity contribution in [3.63, 3.8) is 0 Å². The molecule has 128 valence electrons. The first-order chi connectivity index (χ1) is 12.1. The van der Waals surface area contributed by atoms with E-state index < -0.39 is 0 Å². The maximum Gasteiger partial charge on any atom is 0.248 e. The Labute approximate surface area is 145 Å². The maximum absolute atomic E-state index is 12.2. The zero-order chi connectivity index (χ0) is 17.8. The fraction of sp³-hybridized carbons (Fsp3) is 0.222. The summed E-state index contributed by atoms with van der Waals surface area (Å²) in [6, 6.07) is 13.2. The molecule has 0 aliphatic rings. The van der Waals surface area contributed by atoms with Crippen molar-refractivity contribution in [2.24, 2.45) is 0 Å². The van der Waals surface area contributed by atoms with Gasteiger partial charge in [-0.25, -0.2) is 0 Å². The number of hydrogen-bond acceptors (Lipinski definition) is 5. The molecule has 7 heteroatoms. The van der Waals surface area contributed by atoms with E-state index in [-0.39, 0.29) is 12.5 Å². The lowest BCUT2D eigenvalue weighted by Gasteiger charge is -2.09. The highest BCUT2D eigenvalue weighted by Gasteiger charge is 2.11. The first kappa shape index (κ1) is 16.6. The number of methoxy groups -OCH3 is 1. The van der Waals surface area contributed by atoms with Gasteiger partial charge in [0.05, 0.1) is 7.11 Å². The summed E-state index contributed by atoms with van der Waals surface area (Å²) in [5, 5.41) is 15.1. The summed E-state index contributed by atoms with van der Waals surface area (Å²) in [6.07, 6.45) is 0. The lowest BCUT2D eigenvalue weighted by molar-refractivity contribution is -0.117. The Bertz CT molecular complexity index is 904. The number of carbonyl (C=O) groups is 1. The molecule has 0 aliphatic heterocycles. The highest BCUT2D eigenvalue weighted by Crippen LogP contribution is 2.20. The predicted molar refractivity (Wildman–Crippen MR) is 94.4 cm³/mol. The number of anilines is 1. The monoisotopic (exact) mass is 337 g/mol. The number of ether oxygens (including phenoxy) is 1. The van der Waals surface area contributed by atoms with E-state index in [1.165, 1.54) is 4.80 Å². The summed E-state index contributed by atoms with van der Waals surface area (Å²) < 4.78 is 5.19. The summed E-state index contributed by atoms with van der Waals surface area (Å²) >= 11 is 0. The fourth-order valence-electron chi connectivity index (χ4n) is 2.39. The van der Waals surface area contributed by atoms with Gasteiger partial charge in [-0.05, 0) is 48.4 Å². The summed E-state index contributed by atoms with van der Waals surface area (Å²) in [4.78, 5) is 13.5. The molecule has 0 fully saturated rings. The number of amides is 1. The second-order valence-corrected chi connectivity index (χ2v) is 5.67. The third-order valence-corrected chi connectivity index (χ3v) is 3.94. The largest absolute Gasteiger partial charge is 0.497 e. The molecule has 0 bridgehead atoms. The molecule has 0 atom stereocenters. The fourth-order valence-corrected chi connectivity index (χ4v) is 2.39. The van der Waals surface area contributed by atoms with Gasteiger partial charge in [-0.1, -0.05) is 24.3 Å². The summed E-state index contributed by atoms with van der Waals surface area (Å²) in [5.41, 5.74) is 3.73. The van der Waals surface area contributed by atoms with Crippen LogP contribution in [0.4, 0.5) is 5.69 Å². The summed E-state index contributed by atoms with van der Waals surface area (Å²) in [5.74, 6) is 0.947. The minimum atomic E-state index is -0.205. The van der Waals surface area contributed by atoms with E-state index in [4.69, 9.17) is 4.74 Å². The number of nitrogens with one attached hydrogen (secondary N) is 1. The molecule has 3 rings (SSSR count). The van der Waals surface area contributed by atoms with Crippen LogP contribution in [-0.2, 0) is 11.3 Å². The molecule has 1 amide bonds. The lowest BCUT2D eigenvalue weighted by Crippen LogP contribution is -2.21. The second kappa shape index (κ2) is 7.12. The summed E-state index contributed by atoms with van der Waals surface area (Å²) in [6.45, 7) is 3.97. The van der Waals surface area contributed by atoms with Crippen molar-refractivity contribution in [1.82, 2.24) is 20.2 Å². The zero-order valence-electron chi connectivity index (χ0n) is 14.4. The van der Waals surface area contributed by atoms with Crippen molar-refractivity contribution in [3.05, 3.63) is 53.6 Å². The Morgan fingerprint density at radius 1 is 1.20 bits per heavy atom. The van der Waals surface area contributed by atoms with Crippen LogP contribution in [0.5, 0.6) is 5.75 Å². The molecular weight excluding hydrogens is 318 g/mol. The van der Waals surface area contributed by atoms with Gasteiger partial charge in [-0.2, -0.15) is 4.80 Å². The number of aryl methyl sites for hydroxylation is 1. The van der Waals surface area contributed by atoms with Crippen LogP contribution in [0.1, 0.15) is 11.1 Å². The van der Waals surface area contributed by atoms with Crippen molar-refractivity contribution in [1.29, 1.82) is 0 Å². The molecule has 0 saturated heterocycles. The number of hydrogen-bond donors (Lipinski definition) is 1. The Balaban J connectivity index is 1.70. The third kappa shape index (κ3) is 3.82. The first-order valence-corrected chi connectivity index (χ1v) is 7.85. The molecular formula is C18H19N5O2. The molecule has 1 N–H and O–H groups in total. The molecule has 7 nitrogen and oxygen atoms in total. The average Bonchev–Trinajstić information content (AvgIpc) is 3.07. The molecule has 2 aromatic carbocycles. The van der Waals surface area contributed by atoms with E-state index in [9.17, 15) is 4.79 Å². The second-order valence-electron chi connectivity index (χ2n) is 5.67. The number of aromatic nitrogens is 4. The highest BCUT2D eigenvalue weighted by molar-refractivity contribution is 5.91. The highest BCUT2D eigenvalue weighted by atomic mass is 16.5. The number of tetrazole rings is 1. The Kier molecular flexibility index (Phi) is 4.74. The number of carbonyl (C=O) groups excluding carboxylic acids is 1. The van der Waals surface area contributed by atoms with E-state index in [1.54, 1.807) is 7.11 Å². The Morgan fingerprint density at radius 3 is 2.80 bits per heavy atom. The van der Waals surface area contributed by atoms with Crippen LogP contribution in [0, 0.1) is 13.8 Å². The predicted octanol–water partition coefficient (Wildman–Crippen LogP) is 2.60. The third-order valence-electron chi connectivity index (χ3n) is 3.94. The average molecular weight is 337 g/mol. The van der Waals surface area contributed by atoms with Crippen LogP contribution in [0.25, 0.3) is 11.4 Å². The van der Waals surface area contributed by atoms with Crippen LogP contribution in [-0.4, -0.2) is 33.2 Å². The van der Waals surface area contributed by atoms with Crippen LogP contribution in [0.15, 0.2) is 42.5 Å². The molecule has 1 heterocycles. The van der Waals surface area contributed by atoms with Gasteiger partial charge in [0.25, 0.3) is 0 Å². The van der Waals surface area contributed by atoms with Gasteiger partial charge in [0.2, 0.25) is 11.7 Å². The Morgan fingerprint density at radius 2 is 2.00 bits per heavy atom. The van der Waals surface area contributed by atoms with Gasteiger partial charge in [0.1, 0.15) is 12.3 Å². The molecule has 25 heavy (non-hydrogen) atoms. The van der Waals surface area contributed by atoms with E-state index in [1.807, 2.05) is 56.3 Å². The van der Waals surface area contributed by atoms with Crippen molar-refractivity contribution < 1.29 is 9.53 Å². The molecule has 1 aromatic heterocycles. The van der Waals surface area contributed by atoms with Crippen molar-refractivity contribution in [2.75, 3.05) is 12.4 Å². The van der Waals surface area contributed by atoms with Crippen LogP contribution >= 0.6 is 0 Å². The van der Waals surface area contributed by atoms with Gasteiger partial charge in [0.15, 0.2) is 0 Å². The molecule has 0 unspecified atom stereocenters. The molecule has 0 spiro atoms. The van der Waals surface area contributed by atoms with E-state index in [0.29, 0.717) is 11.6 Å². The zero-order valence-corrected chi connectivity index (χ0v) is 14.4. The van der Waals surface area contributed by atoms with Gasteiger partial charge in [-0.15, -0.1) is 10.2 Å². The molecule has 0 aliphatic carbocycles. The first-order valence-electron chi connectivity index (χ1n) is 7.85. The topological polar surface area (TPSA) is 81.9 Å². The molecule has 3 aromatic rings. The standard InChI is InChI=1S/C18H19N5O2/c1-12-6-4-9-16(13(12)2)19-17(24)11-23-21-18(20-22-23)14-7-5-8-15(10-14)25-3/h4-10H,11H2,1-3H3,(H,19,24). The van der Waals surface area contributed by atoms with E-state index in [2.05, 4.69) is 20.7 Å². The van der Waals surface area contributed by atoms with Gasteiger partial charge >= 0.3 is 0 Å². The minimum Gasteiger partial charge on any atom is -0.497 e. The number of rotatable bonds is 5. The quantitative estimate of drug-likeness (QED) is 0.774.